The Kier molecular flexibility index (Phi) is 3.98. The largest absolute Gasteiger partial charge is 0.296 e. The fraction of sp³-hybridized carbons (Fsp3) is 0. The van der Waals surface area contributed by atoms with Crippen molar-refractivity contribution in [2.75, 3.05) is 5.12 Å². The number of rotatable bonds is 4. The topological polar surface area (TPSA) is 174 Å². The minimum Gasteiger partial charge on any atom is -0.282 e. The van der Waals surface area contributed by atoms with Crippen LogP contribution in [0.3, 0.4) is 0 Å². The van der Waals surface area contributed by atoms with Crippen LogP contribution in [-0.4, -0.2) is 25.9 Å². The quantitative estimate of drug-likeness (QED) is 0.175. The second-order valence-electron chi connectivity index (χ2n) is 3.17. The van der Waals surface area contributed by atoms with Gasteiger partial charge in [-0.05, 0) is 18.2 Å². The molecule has 1 rings (SSSR count). The second-order valence-corrected chi connectivity index (χ2v) is 5.98. The van der Waals surface area contributed by atoms with Crippen LogP contribution in [0.15, 0.2) is 28.0 Å². The highest BCUT2D eigenvalue weighted by molar-refractivity contribution is 7.86. The van der Waals surface area contributed by atoms with Gasteiger partial charge < -0.3 is 0 Å². The number of nitriles is 1. The van der Waals surface area contributed by atoms with Gasteiger partial charge in [0.05, 0.1) is 10.6 Å². The van der Waals surface area contributed by atoms with E-state index < -0.39 is 35.7 Å². The third kappa shape index (κ3) is 3.53. The summed E-state index contributed by atoms with van der Waals surface area (Å²) in [4.78, 5) is -1.41. The van der Waals surface area contributed by atoms with E-state index >= 15 is 0 Å². The molecule has 5 N–H and O–H groups in total. The monoisotopic (exact) mass is 308 g/mol. The molecule has 0 unspecified atom stereocenters. The van der Waals surface area contributed by atoms with Crippen LogP contribution in [-0.2, 0) is 20.2 Å². The maximum absolute atomic E-state index is 11.1. The minimum absolute atomic E-state index is 0.373. The summed E-state index contributed by atoms with van der Waals surface area (Å²) in [6.07, 6.45) is 1.37. The number of hydrogen-bond acceptors (Lipinski definition) is 8. The Morgan fingerprint density at radius 1 is 1.21 bits per heavy atom. The molecule has 0 amide bonds. The number of hydrogen-bond donors (Lipinski definition) is 4. The molecule has 0 aliphatic rings. The standard InChI is InChI=1S/C7H8N4O6S2/c8-4-10-11(9)6-3-5(18(12,13)14)1-2-7(6)19(15,16)17/h1-3,10H,9H2,(H,12,13,14)(H,15,16,17). The van der Waals surface area contributed by atoms with Crippen molar-refractivity contribution in [3.05, 3.63) is 18.2 Å². The molecule has 0 radical (unpaired) electrons. The highest BCUT2D eigenvalue weighted by Gasteiger charge is 2.22. The van der Waals surface area contributed by atoms with Crippen molar-refractivity contribution in [2.45, 2.75) is 9.79 Å². The summed E-state index contributed by atoms with van der Waals surface area (Å²) < 4.78 is 61.8. The first kappa shape index (κ1) is 15.1. The van der Waals surface area contributed by atoms with E-state index in [2.05, 4.69) is 0 Å². The van der Waals surface area contributed by atoms with Crippen molar-refractivity contribution < 1.29 is 25.9 Å². The number of hydrazine groups is 2. The number of nitrogens with zero attached hydrogens (tertiary/aromatic N) is 2. The maximum Gasteiger partial charge on any atom is 0.296 e. The first-order valence-electron chi connectivity index (χ1n) is 4.36. The van der Waals surface area contributed by atoms with E-state index in [-0.39, 0.29) is 0 Å². The first-order chi connectivity index (χ1) is 8.57. The van der Waals surface area contributed by atoms with Crippen molar-refractivity contribution in [3.63, 3.8) is 0 Å². The third-order valence-electron chi connectivity index (χ3n) is 1.94. The van der Waals surface area contributed by atoms with Crippen LogP contribution in [0.5, 0.6) is 0 Å². The summed E-state index contributed by atoms with van der Waals surface area (Å²) in [5, 5.41) is 8.73. The lowest BCUT2D eigenvalue weighted by Crippen LogP contribution is -2.42. The van der Waals surface area contributed by atoms with Crippen molar-refractivity contribution in [1.29, 1.82) is 5.26 Å². The van der Waals surface area contributed by atoms with E-state index in [0.29, 0.717) is 17.3 Å². The summed E-state index contributed by atoms with van der Waals surface area (Å²) in [6.45, 7) is 0. The lowest BCUT2D eigenvalue weighted by Gasteiger charge is -2.18. The average Bonchev–Trinajstić information content (AvgIpc) is 2.26. The van der Waals surface area contributed by atoms with Gasteiger partial charge in [0.1, 0.15) is 4.90 Å². The van der Waals surface area contributed by atoms with E-state index in [1.165, 1.54) is 6.19 Å². The summed E-state index contributed by atoms with van der Waals surface area (Å²) in [7, 11) is -9.31. The fourth-order valence-electron chi connectivity index (χ4n) is 1.18. The molecule has 10 nitrogen and oxygen atoms in total. The minimum atomic E-state index is -4.71. The highest BCUT2D eigenvalue weighted by Crippen LogP contribution is 2.26. The number of nitrogens with one attached hydrogen (secondary N) is 1. The third-order valence-corrected chi connectivity index (χ3v) is 3.69. The Morgan fingerprint density at radius 2 is 1.79 bits per heavy atom. The van der Waals surface area contributed by atoms with Crippen LogP contribution >= 0.6 is 0 Å². The molecular weight excluding hydrogens is 300 g/mol. The molecular formula is C7H8N4O6S2. The molecule has 1 aromatic rings. The second kappa shape index (κ2) is 4.99. The van der Waals surface area contributed by atoms with Gasteiger partial charge >= 0.3 is 0 Å². The Balaban J connectivity index is 3.58. The van der Waals surface area contributed by atoms with Crippen LogP contribution in [0.2, 0.25) is 0 Å². The van der Waals surface area contributed by atoms with Crippen molar-refractivity contribution in [3.8, 4) is 6.19 Å². The molecule has 19 heavy (non-hydrogen) atoms. The predicted octanol–water partition coefficient (Wildman–Crippen LogP) is -1.15. The molecule has 0 heterocycles. The van der Waals surface area contributed by atoms with E-state index in [0.717, 1.165) is 6.07 Å². The highest BCUT2D eigenvalue weighted by atomic mass is 32.2. The zero-order valence-corrected chi connectivity index (χ0v) is 10.7. The Bertz CT molecular complexity index is 735. The molecule has 12 heteroatoms. The van der Waals surface area contributed by atoms with Gasteiger partial charge in [0.15, 0.2) is 6.19 Å². The molecule has 0 saturated carbocycles. The van der Waals surface area contributed by atoms with E-state index in [9.17, 15) is 16.8 Å². The van der Waals surface area contributed by atoms with E-state index in [1.807, 2.05) is 5.43 Å². The molecule has 0 fully saturated rings. The van der Waals surface area contributed by atoms with Crippen molar-refractivity contribution in [1.82, 2.24) is 5.43 Å². The Morgan fingerprint density at radius 3 is 2.21 bits per heavy atom. The first-order valence-corrected chi connectivity index (χ1v) is 7.24. The van der Waals surface area contributed by atoms with Gasteiger partial charge in [-0.15, -0.1) is 0 Å². The van der Waals surface area contributed by atoms with Crippen LogP contribution in [0, 0.1) is 11.5 Å². The van der Waals surface area contributed by atoms with Gasteiger partial charge in [-0.1, -0.05) is 0 Å². The van der Waals surface area contributed by atoms with Crippen molar-refractivity contribution >= 4 is 25.9 Å². The van der Waals surface area contributed by atoms with Gasteiger partial charge in [-0.3, -0.25) is 9.11 Å². The lowest BCUT2D eigenvalue weighted by molar-refractivity contribution is 0.478. The normalized spacial score (nSPS) is 11.7. The molecule has 0 bridgehead atoms. The Labute approximate surface area is 108 Å². The smallest absolute Gasteiger partial charge is 0.282 e. The molecule has 104 valence electrons. The van der Waals surface area contributed by atoms with Crippen LogP contribution < -0.4 is 16.4 Å². The van der Waals surface area contributed by atoms with Gasteiger partial charge in [0.25, 0.3) is 20.2 Å². The molecule has 0 spiro atoms. The maximum atomic E-state index is 11.1. The summed E-state index contributed by atoms with van der Waals surface area (Å²) in [5.41, 5.74) is 1.28. The number of anilines is 1. The lowest BCUT2D eigenvalue weighted by atomic mass is 10.3. The van der Waals surface area contributed by atoms with Gasteiger partial charge in [0, 0.05) is 0 Å². The molecule has 0 atom stereocenters. The Hall–Kier alpha value is -1.91. The van der Waals surface area contributed by atoms with Crippen LogP contribution in [0.1, 0.15) is 0 Å². The summed E-state index contributed by atoms with van der Waals surface area (Å²) in [5.74, 6) is 5.26. The number of benzene rings is 1. The van der Waals surface area contributed by atoms with E-state index in [4.69, 9.17) is 20.2 Å². The number of nitrogens with two attached hydrogens (primary N) is 1. The zero-order valence-electron chi connectivity index (χ0n) is 9.05. The molecule has 0 aliphatic carbocycles. The molecule has 0 saturated heterocycles. The molecule has 0 aromatic heterocycles. The predicted molar refractivity (Wildman–Crippen MR) is 61.5 cm³/mol. The zero-order chi connectivity index (χ0) is 14.8. The SMILES string of the molecule is N#CNN(N)c1cc(S(=O)(=O)O)ccc1S(=O)(=O)O. The summed E-state index contributed by atoms with van der Waals surface area (Å²) in [6, 6.07) is 2.14. The molecule has 1 aromatic carbocycles. The van der Waals surface area contributed by atoms with Crippen LogP contribution in [0.4, 0.5) is 5.69 Å². The summed E-state index contributed by atoms with van der Waals surface area (Å²) >= 11 is 0. The average molecular weight is 308 g/mol. The van der Waals surface area contributed by atoms with Crippen LogP contribution in [0.25, 0.3) is 0 Å². The van der Waals surface area contributed by atoms with Gasteiger partial charge in [0.2, 0.25) is 0 Å². The van der Waals surface area contributed by atoms with E-state index in [1.54, 1.807) is 0 Å². The molecule has 0 aliphatic heterocycles. The van der Waals surface area contributed by atoms with Crippen molar-refractivity contribution in [2.24, 2.45) is 5.84 Å². The van der Waals surface area contributed by atoms with Gasteiger partial charge in [-0.2, -0.15) is 22.1 Å². The van der Waals surface area contributed by atoms with Gasteiger partial charge in [-0.25, -0.2) is 16.4 Å². The fourth-order valence-corrected chi connectivity index (χ4v) is 2.34.